The summed E-state index contributed by atoms with van der Waals surface area (Å²) in [6.07, 6.45) is 6.51. The van der Waals surface area contributed by atoms with Gasteiger partial charge in [-0.25, -0.2) is 0 Å². The SMILES string of the molecule is CC(C)(C)NCC1CCC1n1cc(Br)cn1. The van der Waals surface area contributed by atoms with Gasteiger partial charge in [0.05, 0.1) is 16.7 Å². The summed E-state index contributed by atoms with van der Waals surface area (Å²) in [7, 11) is 0. The average Bonchev–Trinajstić information content (AvgIpc) is 2.47. The summed E-state index contributed by atoms with van der Waals surface area (Å²) in [5, 5.41) is 7.95. The summed E-state index contributed by atoms with van der Waals surface area (Å²) < 4.78 is 3.17. The molecule has 4 heteroatoms. The molecule has 1 aliphatic rings. The maximum atomic E-state index is 4.37. The fourth-order valence-electron chi connectivity index (χ4n) is 2.07. The average molecular weight is 286 g/mol. The molecule has 0 amide bonds. The molecule has 0 bridgehead atoms. The Labute approximate surface area is 106 Å². The number of hydrogen-bond acceptors (Lipinski definition) is 2. The lowest BCUT2D eigenvalue weighted by Gasteiger charge is -2.38. The van der Waals surface area contributed by atoms with Crippen molar-refractivity contribution in [2.75, 3.05) is 6.54 Å². The summed E-state index contributed by atoms with van der Waals surface area (Å²) in [6.45, 7) is 7.73. The van der Waals surface area contributed by atoms with Gasteiger partial charge in [-0.05, 0) is 55.5 Å². The summed E-state index contributed by atoms with van der Waals surface area (Å²) >= 11 is 3.45. The fraction of sp³-hybridized carbons (Fsp3) is 0.750. The van der Waals surface area contributed by atoms with Gasteiger partial charge in [0, 0.05) is 18.3 Å². The molecule has 1 saturated carbocycles. The van der Waals surface area contributed by atoms with E-state index in [1.54, 1.807) is 0 Å². The van der Waals surface area contributed by atoms with Gasteiger partial charge >= 0.3 is 0 Å². The molecule has 0 spiro atoms. The highest BCUT2D eigenvalue weighted by molar-refractivity contribution is 9.10. The van der Waals surface area contributed by atoms with Gasteiger partial charge in [0.25, 0.3) is 0 Å². The Morgan fingerprint density at radius 1 is 1.50 bits per heavy atom. The predicted octanol–water partition coefficient (Wildman–Crippen LogP) is 2.98. The number of nitrogens with zero attached hydrogens (tertiary/aromatic N) is 2. The van der Waals surface area contributed by atoms with Crippen LogP contribution in [0.5, 0.6) is 0 Å². The second-order valence-corrected chi connectivity index (χ2v) is 6.59. The highest BCUT2D eigenvalue weighted by Gasteiger charge is 2.33. The summed E-state index contributed by atoms with van der Waals surface area (Å²) in [5.41, 5.74) is 0.213. The van der Waals surface area contributed by atoms with Crippen LogP contribution in [0.1, 0.15) is 39.7 Å². The van der Waals surface area contributed by atoms with Crippen LogP contribution in [0.25, 0.3) is 0 Å². The van der Waals surface area contributed by atoms with Gasteiger partial charge in [0.15, 0.2) is 0 Å². The van der Waals surface area contributed by atoms with Crippen molar-refractivity contribution >= 4 is 15.9 Å². The molecular formula is C12H20BrN3. The zero-order valence-electron chi connectivity index (χ0n) is 10.2. The van der Waals surface area contributed by atoms with E-state index in [0.717, 1.165) is 16.9 Å². The Morgan fingerprint density at radius 3 is 2.69 bits per heavy atom. The molecule has 1 fully saturated rings. The Bertz CT molecular complexity index is 353. The van der Waals surface area contributed by atoms with Crippen LogP contribution in [-0.2, 0) is 0 Å². The monoisotopic (exact) mass is 285 g/mol. The lowest BCUT2D eigenvalue weighted by molar-refractivity contribution is 0.153. The van der Waals surface area contributed by atoms with Crippen molar-refractivity contribution < 1.29 is 0 Å². The highest BCUT2D eigenvalue weighted by atomic mass is 79.9. The largest absolute Gasteiger partial charge is 0.312 e. The molecule has 2 atom stereocenters. The normalized spacial score (nSPS) is 25.5. The second kappa shape index (κ2) is 4.49. The van der Waals surface area contributed by atoms with E-state index in [1.165, 1.54) is 12.8 Å². The molecule has 1 N–H and O–H groups in total. The maximum absolute atomic E-state index is 4.37. The van der Waals surface area contributed by atoms with Crippen LogP contribution in [0.3, 0.4) is 0 Å². The van der Waals surface area contributed by atoms with Gasteiger partial charge < -0.3 is 5.32 Å². The van der Waals surface area contributed by atoms with Crippen molar-refractivity contribution in [2.45, 2.75) is 45.2 Å². The first-order valence-electron chi connectivity index (χ1n) is 5.90. The number of hydrogen-bond donors (Lipinski definition) is 1. The van der Waals surface area contributed by atoms with E-state index in [4.69, 9.17) is 0 Å². The highest BCUT2D eigenvalue weighted by Crippen LogP contribution is 2.38. The van der Waals surface area contributed by atoms with E-state index in [2.05, 4.69) is 58.0 Å². The summed E-state index contributed by atoms with van der Waals surface area (Å²) in [6, 6.07) is 0.584. The quantitative estimate of drug-likeness (QED) is 0.925. The minimum Gasteiger partial charge on any atom is -0.312 e. The Hall–Kier alpha value is -0.350. The molecule has 3 nitrogen and oxygen atoms in total. The number of aromatic nitrogens is 2. The summed E-state index contributed by atoms with van der Waals surface area (Å²) in [4.78, 5) is 0. The molecule has 1 aliphatic carbocycles. The van der Waals surface area contributed by atoms with E-state index < -0.39 is 0 Å². The zero-order valence-corrected chi connectivity index (χ0v) is 11.8. The van der Waals surface area contributed by atoms with Gasteiger partial charge in [-0.3, -0.25) is 4.68 Å². The molecule has 1 aromatic rings. The van der Waals surface area contributed by atoms with Gasteiger partial charge in [0.2, 0.25) is 0 Å². The maximum Gasteiger partial charge on any atom is 0.0632 e. The number of nitrogens with one attached hydrogen (secondary N) is 1. The van der Waals surface area contributed by atoms with Crippen molar-refractivity contribution in [3.8, 4) is 0 Å². The van der Waals surface area contributed by atoms with Crippen LogP contribution in [0.4, 0.5) is 0 Å². The van der Waals surface area contributed by atoms with Gasteiger partial charge in [-0.15, -0.1) is 0 Å². The third kappa shape index (κ3) is 2.86. The van der Waals surface area contributed by atoms with E-state index in [9.17, 15) is 0 Å². The van der Waals surface area contributed by atoms with Crippen molar-refractivity contribution in [3.05, 3.63) is 16.9 Å². The van der Waals surface area contributed by atoms with Crippen molar-refractivity contribution in [3.63, 3.8) is 0 Å². The van der Waals surface area contributed by atoms with Crippen molar-refractivity contribution in [1.82, 2.24) is 15.1 Å². The number of halogens is 1. The van der Waals surface area contributed by atoms with Crippen LogP contribution < -0.4 is 5.32 Å². The minimum absolute atomic E-state index is 0.213. The molecule has 1 aromatic heterocycles. The van der Waals surface area contributed by atoms with Gasteiger partial charge in [-0.1, -0.05) is 0 Å². The van der Waals surface area contributed by atoms with Crippen LogP contribution >= 0.6 is 15.9 Å². The van der Waals surface area contributed by atoms with E-state index >= 15 is 0 Å². The second-order valence-electron chi connectivity index (χ2n) is 5.67. The fourth-order valence-corrected chi connectivity index (χ4v) is 2.37. The smallest absolute Gasteiger partial charge is 0.0632 e. The topological polar surface area (TPSA) is 29.9 Å². The Morgan fingerprint density at radius 2 is 2.25 bits per heavy atom. The molecule has 0 aliphatic heterocycles. The van der Waals surface area contributed by atoms with E-state index in [-0.39, 0.29) is 5.54 Å². The lowest BCUT2D eigenvalue weighted by atomic mass is 9.79. The van der Waals surface area contributed by atoms with Crippen LogP contribution in [0.2, 0.25) is 0 Å². The van der Waals surface area contributed by atoms with Gasteiger partial charge in [-0.2, -0.15) is 5.10 Å². The van der Waals surface area contributed by atoms with Crippen LogP contribution in [-0.4, -0.2) is 21.9 Å². The molecule has 2 rings (SSSR count). The molecule has 2 unspecified atom stereocenters. The zero-order chi connectivity index (χ0) is 11.8. The molecule has 90 valence electrons. The molecule has 0 saturated heterocycles. The summed E-state index contributed by atoms with van der Waals surface area (Å²) in [5.74, 6) is 0.728. The Kier molecular flexibility index (Phi) is 3.40. The molecular weight excluding hydrogens is 266 g/mol. The molecule has 16 heavy (non-hydrogen) atoms. The molecule has 0 aromatic carbocycles. The third-order valence-electron chi connectivity index (χ3n) is 3.18. The van der Waals surface area contributed by atoms with Crippen molar-refractivity contribution in [1.29, 1.82) is 0 Å². The van der Waals surface area contributed by atoms with Gasteiger partial charge in [0.1, 0.15) is 0 Å². The Balaban J connectivity index is 1.89. The van der Waals surface area contributed by atoms with E-state index in [0.29, 0.717) is 6.04 Å². The lowest BCUT2D eigenvalue weighted by Crippen LogP contribution is -2.44. The van der Waals surface area contributed by atoms with Crippen molar-refractivity contribution in [2.24, 2.45) is 5.92 Å². The first-order chi connectivity index (χ1) is 7.46. The predicted molar refractivity (Wildman–Crippen MR) is 69.4 cm³/mol. The number of rotatable bonds is 3. The third-order valence-corrected chi connectivity index (χ3v) is 3.59. The first kappa shape index (κ1) is 12.1. The van der Waals surface area contributed by atoms with Crippen LogP contribution in [0.15, 0.2) is 16.9 Å². The molecule has 1 heterocycles. The van der Waals surface area contributed by atoms with E-state index in [1.807, 2.05) is 6.20 Å². The first-order valence-corrected chi connectivity index (χ1v) is 6.70. The standard InChI is InChI=1S/C12H20BrN3/c1-12(2,3)14-6-9-4-5-11(9)16-8-10(13)7-15-16/h7-9,11,14H,4-6H2,1-3H3. The molecule has 0 radical (unpaired) electrons. The minimum atomic E-state index is 0.213. The van der Waals surface area contributed by atoms with Crippen LogP contribution in [0, 0.1) is 5.92 Å².